The van der Waals surface area contributed by atoms with Gasteiger partial charge in [0.1, 0.15) is 5.60 Å². The molecule has 4 aromatic rings. The van der Waals surface area contributed by atoms with Gasteiger partial charge in [-0.2, -0.15) is 0 Å². The summed E-state index contributed by atoms with van der Waals surface area (Å²) in [5, 5.41) is 10.8. The van der Waals surface area contributed by atoms with E-state index in [-0.39, 0.29) is 6.04 Å². The molecule has 2 unspecified atom stereocenters. The molecule has 5 rings (SSSR count). The first-order chi connectivity index (χ1) is 18.6. The normalized spacial score (nSPS) is 18.5. The Morgan fingerprint density at radius 1 is 0.684 bits per heavy atom. The van der Waals surface area contributed by atoms with E-state index in [1.165, 1.54) is 0 Å². The van der Waals surface area contributed by atoms with Gasteiger partial charge >= 0.3 is 5.97 Å². The number of nitrogens with zero attached hydrogens (tertiary/aromatic N) is 1. The van der Waals surface area contributed by atoms with Gasteiger partial charge in [0, 0.05) is 27.3 Å². The minimum atomic E-state index is -1.49. The number of likely N-dealkylation sites (tertiary alicyclic amines) is 1. The molecule has 1 heterocycles. The van der Waals surface area contributed by atoms with Crippen molar-refractivity contribution in [1.29, 1.82) is 0 Å². The predicted molar refractivity (Wildman–Crippen MR) is 148 cm³/mol. The number of aliphatic hydroxyl groups is 1. The highest BCUT2D eigenvalue weighted by molar-refractivity contribution is 5.47. The first kappa shape index (κ1) is 26.3. The number of methoxy groups -OCH3 is 2. The second-order valence-corrected chi connectivity index (χ2v) is 9.71. The molecule has 0 saturated carbocycles. The minimum absolute atomic E-state index is 0.372. The van der Waals surface area contributed by atoms with Crippen LogP contribution in [0.1, 0.15) is 28.7 Å². The van der Waals surface area contributed by atoms with Crippen LogP contribution in [0.2, 0.25) is 0 Å². The monoisotopic (exact) mass is 509 g/mol. The third-order valence-electron chi connectivity index (χ3n) is 7.42. The molecule has 0 spiro atoms. The summed E-state index contributed by atoms with van der Waals surface area (Å²) in [7, 11) is 3.22. The van der Waals surface area contributed by atoms with Crippen LogP contribution in [0.3, 0.4) is 0 Å². The van der Waals surface area contributed by atoms with Gasteiger partial charge in [0.05, 0.1) is 12.1 Å². The lowest BCUT2D eigenvalue weighted by atomic mass is 9.80. The number of rotatable bonds is 10. The standard InChI is InChI=1S/C33H35NO4/c1-36-33(37-2,31-23-30(35)25-34(31)24-26-15-7-3-8-16-26)38-32(27-17-9-4-10-18-27,28-19-11-5-12-20-28)29-21-13-6-14-22-29/h3-22,30-31,35H,23-25H2,1-2H3. The largest absolute Gasteiger partial charge is 0.392 e. The lowest BCUT2D eigenvalue weighted by Crippen LogP contribution is -2.58. The zero-order valence-electron chi connectivity index (χ0n) is 21.9. The van der Waals surface area contributed by atoms with Gasteiger partial charge in [0.15, 0.2) is 0 Å². The molecule has 0 aliphatic carbocycles. The molecule has 0 aromatic heterocycles. The van der Waals surface area contributed by atoms with Crippen LogP contribution >= 0.6 is 0 Å². The summed E-state index contributed by atoms with van der Waals surface area (Å²) in [6.45, 7) is 1.13. The molecule has 196 valence electrons. The maximum atomic E-state index is 10.8. The average molecular weight is 510 g/mol. The molecular weight excluding hydrogens is 474 g/mol. The summed E-state index contributed by atoms with van der Waals surface area (Å²) in [5.41, 5.74) is 2.94. The number of β-amino-alcohol motifs (C(OH)–C–C–N with tert-alkyl or cyclic N) is 1. The summed E-state index contributed by atoms with van der Waals surface area (Å²) < 4.78 is 19.7. The van der Waals surface area contributed by atoms with Crippen molar-refractivity contribution >= 4 is 0 Å². The first-order valence-corrected chi connectivity index (χ1v) is 13.0. The van der Waals surface area contributed by atoms with E-state index in [2.05, 4.69) is 53.4 Å². The second kappa shape index (κ2) is 11.6. The van der Waals surface area contributed by atoms with Gasteiger partial charge in [-0.1, -0.05) is 121 Å². The van der Waals surface area contributed by atoms with Crippen LogP contribution < -0.4 is 0 Å². The highest BCUT2D eigenvalue weighted by atomic mass is 16.9. The zero-order chi connectivity index (χ0) is 26.4. The molecule has 1 aliphatic heterocycles. The van der Waals surface area contributed by atoms with Crippen molar-refractivity contribution in [1.82, 2.24) is 4.90 Å². The molecule has 0 bridgehead atoms. The molecule has 1 saturated heterocycles. The van der Waals surface area contributed by atoms with E-state index in [0.717, 1.165) is 22.3 Å². The number of ether oxygens (including phenoxy) is 3. The molecule has 5 heteroatoms. The van der Waals surface area contributed by atoms with Gasteiger partial charge in [0.2, 0.25) is 0 Å². The van der Waals surface area contributed by atoms with Crippen molar-refractivity contribution in [3.8, 4) is 0 Å². The van der Waals surface area contributed by atoms with E-state index in [0.29, 0.717) is 19.5 Å². The third kappa shape index (κ3) is 5.04. The Kier molecular flexibility index (Phi) is 8.03. The Hall–Kier alpha value is -3.32. The molecule has 1 N–H and O–H groups in total. The number of hydrogen-bond acceptors (Lipinski definition) is 5. The minimum Gasteiger partial charge on any atom is -0.392 e. The van der Waals surface area contributed by atoms with Crippen LogP contribution in [0.5, 0.6) is 0 Å². The van der Waals surface area contributed by atoms with Gasteiger partial charge in [-0.15, -0.1) is 0 Å². The smallest absolute Gasteiger partial charge is 0.300 e. The molecule has 0 amide bonds. The quantitative estimate of drug-likeness (QED) is 0.224. The fraction of sp³-hybridized carbons (Fsp3) is 0.273. The van der Waals surface area contributed by atoms with E-state index in [9.17, 15) is 5.11 Å². The van der Waals surface area contributed by atoms with E-state index >= 15 is 0 Å². The Labute approximate surface area is 225 Å². The summed E-state index contributed by atoms with van der Waals surface area (Å²) >= 11 is 0. The average Bonchev–Trinajstić information content (AvgIpc) is 3.36. The van der Waals surface area contributed by atoms with E-state index in [1.807, 2.05) is 72.8 Å². The molecule has 4 aromatic carbocycles. The Morgan fingerprint density at radius 3 is 1.53 bits per heavy atom. The maximum absolute atomic E-state index is 10.8. The molecule has 1 fully saturated rings. The maximum Gasteiger partial charge on any atom is 0.300 e. The Balaban J connectivity index is 1.67. The topological polar surface area (TPSA) is 51.2 Å². The van der Waals surface area contributed by atoms with E-state index in [1.54, 1.807) is 14.2 Å². The van der Waals surface area contributed by atoms with E-state index < -0.39 is 17.7 Å². The number of aliphatic hydroxyl groups excluding tert-OH is 1. The molecular formula is C33H35NO4. The van der Waals surface area contributed by atoms with Gasteiger partial charge in [-0.05, 0) is 28.7 Å². The van der Waals surface area contributed by atoms with Gasteiger partial charge in [-0.25, -0.2) is 0 Å². The summed E-state index contributed by atoms with van der Waals surface area (Å²) in [5.74, 6) is -1.49. The Bertz CT molecular complexity index is 1170. The molecule has 1 aliphatic rings. The van der Waals surface area contributed by atoms with Gasteiger partial charge in [0.25, 0.3) is 0 Å². The number of hydrogen-bond donors (Lipinski definition) is 1. The van der Waals surface area contributed by atoms with Gasteiger partial charge < -0.3 is 19.3 Å². The fourth-order valence-electron chi connectivity index (χ4n) is 5.66. The lowest BCUT2D eigenvalue weighted by Gasteiger charge is -2.47. The third-order valence-corrected chi connectivity index (χ3v) is 7.42. The second-order valence-electron chi connectivity index (χ2n) is 9.71. The fourth-order valence-corrected chi connectivity index (χ4v) is 5.66. The Morgan fingerprint density at radius 2 is 1.11 bits per heavy atom. The zero-order valence-corrected chi connectivity index (χ0v) is 21.9. The van der Waals surface area contributed by atoms with Gasteiger partial charge in [-0.3, -0.25) is 4.90 Å². The van der Waals surface area contributed by atoms with Crippen molar-refractivity contribution in [3.63, 3.8) is 0 Å². The van der Waals surface area contributed by atoms with Crippen molar-refractivity contribution < 1.29 is 19.3 Å². The first-order valence-electron chi connectivity index (χ1n) is 13.0. The van der Waals surface area contributed by atoms with Crippen LogP contribution in [0, 0.1) is 0 Å². The van der Waals surface area contributed by atoms with Crippen LogP contribution in [0.15, 0.2) is 121 Å². The van der Waals surface area contributed by atoms with Crippen LogP contribution in [-0.4, -0.2) is 48.9 Å². The van der Waals surface area contributed by atoms with Crippen LogP contribution in [0.4, 0.5) is 0 Å². The van der Waals surface area contributed by atoms with Crippen molar-refractivity contribution in [3.05, 3.63) is 144 Å². The highest BCUT2D eigenvalue weighted by Gasteiger charge is 2.55. The molecule has 2 atom stereocenters. The molecule has 0 radical (unpaired) electrons. The number of benzene rings is 4. The summed E-state index contributed by atoms with van der Waals surface area (Å²) in [4.78, 5) is 2.19. The lowest BCUT2D eigenvalue weighted by molar-refractivity contribution is -0.408. The SMILES string of the molecule is COC(OC)(OC(c1ccccc1)(c1ccccc1)c1ccccc1)C1CC(O)CN1Cc1ccccc1. The summed E-state index contributed by atoms with van der Waals surface area (Å²) in [6, 6.07) is 40.4. The van der Waals surface area contributed by atoms with Crippen LogP contribution in [-0.2, 0) is 26.4 Å². The van der Waals surface area contributed by atoms with Crippen molar-refractivity contribution in [2.45, 2.75) is 36.7 Å². The highest BCUT2D eigenvalue weighted by Crippen LogP contribution is 2.46. The van der Waals surface area contributed by atoms with Crippen molar-refractivity contribution in [2.24, 2.45) is 0 Å². The van der Waals surface area contributed by atoms with Crippen LogP contribution in [0.25, 0.3) is 0 Å². The summed E-state index contributed by atoms with van der Waals surface area (Å²) in [6.07, 6.45) is -0.0836. The molecule has 38 heavy (non-hydrogen) atoms. The van der Waals surface area contributed by atoms with Crippen molar-refractivity contribution in [2.75, 3.05) is 20.8 Å². The predicted octanol–water partition coefficient (Wildman–Crippen LogP) is 5.58. The van der Waals surface area contributed by atoms with E-state index in [4.69, 9.17) is 14.2 Å². The molecule has 5 nitrogen and oxygen atoms in total.